The maximum atomic E-state index is 12.0. The smallest absolute Gasteiger partial charge is 0.242 e. The molecule has 104 valence electrons. The molecule has 1 saturated heterocycles. The number of aliphatic hydroxyl groups excluding tert-OH is 1. The number of ether oxygens (including phenoxy) is 1. The molecule has 0 saturated carbocycles. The van der Waals surface area contributed by atoms with E-state index in [-0.39, 0.29) is 25.1 Å². The van der Waals surface area contributed by atoms with Crippen molar-refractivity contribution in [3.63, 3.8) is 0 Å². The van der Waals surface area contributed by atoms with Gasteiger partial charge in [0.05, 0.1) is 26.3 Å². The molecular formula is C12H18N4O3. The summed E-state index contributed by atoms with van der Waals surface area (Å²) >= 11 is 0. The fraction of sp³-hybridized carbons (Fsp3) is 0.583. The lowest BCUT2D eigenvalue weighted by atomic mass is 10.2. The van der Waals surface area contributed by atoms with Gasteiger partial charge in [0.1, 0.15) is 0 Å². The Morgan fingerprint density at radius 2 is 2.53 bits per heavy atom. The number of amides is 1. The predicted molar refractivity (Wildman–Crippen MR) is 68.9 cm³/mol. The Balaban J connectivity index is 1.89. The van der Waals surface area contributed by atoms with Crippen molar-refractivity contribution in [3.8, 4) is 5.88 Å². The third-order valence-corrected chi connectivity index (χ3v) is 3.15. The molecule has 0 radical (unpaired) electrons. The van der Waals surface area contributed by atoms with Crippen molar-refractivity contribution in [2.75, 3.05) is 32.1 Å². The third kappa shape index (κ3) is 3.31. The van der Waals surface area contributed by atoms with Crippen molar-refractivity contribution < 1.29 is 14.6 Å². The number of aromatic nitrogens is 2. The molecule has 0 aromatic carbocycles. The summed E-state index contributed by atoms with van der Waals surface area (Å²) in [6.07, 6.45) is 3.36. The van der Waals surface area contributed by atoms with Gasteiger partial charge < -0.3 is 20.1 Å². The Labute approximate surface area is 111 Å². The van der Waals surface area contributed by atoms with Crippen LogP contribution in [0, 0.1) is 0 Å². The molecular weight excluding hydrogens is 248 g/mol. The lowest BCUT2D eigenvalue weighted by molar-refractivity contribution is -0.130. The van der Waals surface area contributed by atoms with Crippen LogP contribution in [0.1, 0.15) is 12.8 Å². The van der Waals surface area contributed by atoms with E-state index in [9.17, 15) is 9.90 Å². The summed E-state index contributed by atoms with van der Waals surface area (Å²) in [7, 11) is 1.52. The number of likely N-dealkylation sites (tertiary alicyclic amines) is 1. The van der Waals surface area contributed by atoms with Gasteiger partial charge in [-0.15, -0.1) is 0 Å². The highest BCUT2D eigenvalue weighted by Gasteiger charge is 2.27. The first-order valence-corrected chi connectivity index (χ1v) is 6.26. The zero-order valence-corrected chi connectivity index (χ0v) is 10.9. The number of aliphatic hydroxyl groups is 1. The van der Waals surface area contributed by atoms with Crippen LogP contribution < -0.4 is 10.1 Å². The number of hydrogen-bond donors (Lipinski definition) is 2. The number of methoxy groups -OCH3 is 1. The Kier molecular flexibility index (Phi) is 4.51. The molecule has 1 atom stereocenters. The lowest BCUT2D eigenvalue weighted by Gasteiger charge is -2.23. The monoisotopic (exact) mass is 266 g/mol. The van der Waals surface area contributed by atoms with Crippen molar-refractivity contribution in [2.45, 2.75) is 18.9 Å². The van der Waals surface area contributed by atoms with Gasteiger partial charge in [-0.05, 0) is 12.8 Å². The van der Waals surface area contributed by atoms with E-state index in [4.69, 9.17) is 4.74 Å². The minimum Gasteiger partial charge on any atom is -0.481 e. The molecule has 7 nitrogen and oxygen atoms in total. The second-order valence-electron chi connectivity index (χ2n) is 4.34. The second kappa shape index (κ2) is 6.33. The highest BCUT2D eigenvalue weighted by molar-refractivity contribution is 5.81. The molecule has 1 fully saturated rings. The van der Waals surface area contributed by atoms with Crippen LogP contribution in [-0.4, -0.2) is 58.7 Å². The molecule has 2 heterocycles. The first kappa shape index (κ1) is 13.5. The Morgan fingerprint density at radius 3 is 3.26 bits per heavy atom. The molecule has 1 amide bonds. The fourth-order valence-electron chi connectivity index (χ4n) is 2.15. The summed E-state index contributed by atoms with van der Waals surface area (Å²) in [6, 6.07) is 1.58. The molecule has 19 heavy (non-hydrogen) atoms. The number of nitrogens with one attached hydrogen (secondary N) is 1. The number of carbonyl (C=O) groups excluding carboxylic acids is 1. The molecule has 1 aromatic rings. The van der Waals surface area contributed by atoms with E-state index in [2.05, 4.69) is 15.3 Å². The van der Waals surface area contributed by atoms with Crippen LogP contribution in [0.3, 0.4) is 0 Å². The highest BCUT2D eigenvalue weighted by Crippen LogP contribution is 2.16. The van der Waals surface area contributed by atoms with Crippen molar-refractivity contribution in [2.24, 2.45) is 0 Å². The Hall–Kier alpha value is -1.89. The maximum Gasteiger partial charge on any atom is 0.242 e. The Morgan fingerprint density at radius 1 is 1.68 bits per heavy atom. The average molecular weight is 266 g/mol. The van der Waals surface area contributed by atoms with E-state index in [1.54, 1.807) is 17.2 Å². The van der Waals surface area contributed by atoms with Gasteiger partial charge in [0.15, 0.2) is 0 Å². The maximum absolute atomic E-state index is 12.0. The minimum absolute atomic E-state index is 0.0153. The topological polar surface area (TPSA) is 87.6 Å². The average Bonchev–Trinajstić information content (AvgIpc) is 2.93. The van der Waals surface area contributed by atoms with Gasteiger partial charge in [-0.2, -0.15) is 4.98 Å². The van der Waals surface area contributed by atoms with Crippen LogP contribution in [0.4, 0.5) is 5.95 Å². The molecule has 1 aromatic heterocycles. The van der Waals surface area contributed by atoms with Gasteiger partial charge >= 0.3 is 0 Å². The van der Waals surface area contributed by atoms with E-state index in [1.165, 1.54) is 7.11 Å². The predicted octanol–water partition coefficient (Wildman–Crippen LogP) is -0.120. The van der Waals surface area contributed by atoms with Crippen molar-refractivity contribution in [1.82, 2.24) is 14.9 Å². The van der Waals surface area contributed by atoms with Gasteiger partial charge in [-0.1, -0.05) is 0 Å². The molecule has 1 aliphatic rings. The summed E-state index contributed by atoms with van der Waals surface area (Å²) in [5, 5.41) is 12.0. The van der Waals surface area contributed by atoms with Crippen LogP contribution in [0.25, 0.3) is 0 Å². The molecule has 0 unspecified atom stereocenters. The zero-order valence-electron chi connectivity index (χ0n) is 10.9. The van der Waals surface area contributed by atoms with Crippen LogP contribution in [0.15, 0.2) is 12.3 Å². The molecule has 0 bridgehead atoms. The standard InChI is InChI=1S/C12H18N4O3/c1-19-10-4-5-13-12(15-10)14-7-11(18)16-6-2-3-9(16)8-17/h4-5,9,17H,2-3,6-8H2,1H3,(H,13,14,15)/t9-/m1/s1. The van der Waals surface area contributed by atoms with Crippen LogP contribution in [0.5, 0.6) is 5.88 Å². The number of nitrogens with zero attached hydrogens (tertiary/aromatic N) is 3. The minimum atomic E-state index is -0.0551. The van der Waals surface area contributed by atoms with Gasteiger partial charge in [0.25, 0.3) is 0 Å². The second-order valence-corrected chi connectivity index (χ2v) is 4.34. The number of carbonyl (C=O) groups is 1. The number of rotatable bonds is 5. The SMILES string of the molecule is COc1ccnc(NCC(=O)N2CCC[C@@H]2CO)n1. The molecule has 2 N–H and O–H groups in total. The first-order valence-electron chi connectivity index (χ1n) is 6.26. The van der Waals surface area contributed by atoms with Crippen LogP contribution in [0.2, 0.25) is 0 Å². The Bertz CT molecular complexity index is 441. The summed E-state index contributed by atoms with van der Waals surface area (Å²) in [5.41, 5.74) is 0. The zero-order chi connectivity index (χ0) is 13.7. The van der Waals surface area contributed by atoms with E-state index in [0.717, 1.165) is 12.8 Å². The quantitative estimate of drug-likeness (QED) is 0.772. The van der Waals surface area contributed by atoms with Crippen LogP contribution in [-0.2, 0) is 4.79 Å². The van der Waals surface area contributed by atoms with Crippen LogP contribution >= 0.6 is 0 Å². The van der Waals surface area contributed by atoms with Gasteiger partial charge in [-0.25, -0.2) is 4.98 Å². The summed E-state index contributed by atoms with van der Waals surface area (Å²) in [4.78, 5) is 21.8. The van der Waals surface area contributed by atoms with Gasteiger partial charge in [-0.3, -0.25) is 4.79 Å². The van der Waals surface area contributed by atoms with Crippen molar-refractivity contribution >= 4 is 11.9 Å². The van der Waals surface area contributed by atoms with E-state index < -0.39 is 0 Å². The largest absolute Gasteiger partial charge is 0.481 e. The molecule has 7 heteroatoms. The lowest BCUT2D eigenvalue weighted by Crippen LogP contribution is -2.40. The van der Waals surface area contributed by atoms with Crippen molar-refractivity contribution in [3.05, 3.63) is 12.3 Å². The van der Waals surface area contributed by atoms with E-state index in [0.29, 0.717) is 18.4 Å². The van der Waals surface area contributed by atoms with Crippen molar-refractivity contribution in [1.29, 1.82) is 0 Å². The fourth-order valence-corrected chi connectivity index (χ4v) is 2.15. The van der Waals surface area contributed by atoms with Gasteiger partial charge in [0.2, 0.25) is 17.7 Å². The summed E-state index contributed by atoms with van der Waals surface area (Å²) < 4.78 is 4.98. The molecule has 0 aliphatic carbocycles. The highest BCUT2D eigenvalue weighted by atomic mass is 16.5. The van der Waals surface area contributed by atoms with E-state index in [1.807, 2.05) is 0 Å². The molecule has 0 spiro atoms. The summed E-state index contributed by atoms with van der Waals surface area (Å²) in [6.45, 7) is 0.829. The molecule has 2 rings (SSSR count). The number of anilines is 1. The van der Waals surface area contributed by atoms with Gasteiger partial charge in [0, 0.05) is 18.8 Å². The molecule has 1 aliphatic heterocycles. The summed E-state index contributed by atoms with van der Waals surface area (Å²) in [5.74, 6) is 0.745. The normalized spacial score (nSPS) is 18.4. The van der Waals surface area contributed by atoms with E-state index >= 15 is 0 Å². The first-order chi connectivity index (χ1) is 9.24. The third-order valence-electron chi connectivity index (χ3n) is 3.15. The number of hydrogen-bond acceptors (Lipinski definition) is 6.